The molecule has 13 heteroatoms. The van der Waals surface area contributed by atoms with Crippen molar-refractivity contribution in [3.8, 4) is 0 Å². The highest BCUT2D eigenvalue weighted by Crippen LogP contribution is 2.26. The summed E-state index contributed by atoms with van der Waals surface area (Å²) in [5.74, 6) is -0.255. The molecular weight excluding hydrogens is 979 g/mol. The molecule has 1 amide bonds. The number of carbonyl (C=O) groups excluding carboxylic acids is 1. The zero-order valence-electron chi connectivity index (χ0n) is 49.4. The van der Waals surface area contributed by atoms with Crippen LogP contribution in [0.5, 0.6) is 0 Å². The van der Waals surface area contributed by atoms with E-state index in [1.165, 1.54) is 263 Å². The summed E-state index contributed by atoms with van der Waals surface area (Å²) in [4.78, 5) is 13.2. The molecule has 0 aliphatic carbocycles. The molecule has 1 saturated heterocycles. The number of aliphatic hydroxyl groups is 4. The first-order valence-corrected chi connectivity index (χ1v) is 33.9. The normalized spacial score (nSPS) is 19.0. The van der Waals surface area contributed by atoms with Crippen LogP contribution in [0.2, 0.25) is 0 Å². The predicted octanol–water partition coefficient (Wildman–Crippen LogP) is 16.2. The van der Waals surface area contributed by atoms with Gasteiger partial charge in [-0.05, 0) is 19.3 Å². The molecule has 0 spiro atoms. The van der Waals surface area contributed by atoms with Crippen LogP contribution < -0.4 is 5.32 Å². The van der Waals surface area contributed by atoms with Gasteiger partial charge in [0, 0.05) is 6.42 Å². The maximum atomic E-state index is 13.2. The van der Waals surface area contributed by atoms with E-state index < -0.39 is 59.9 Å². The van der Waals surface area contributed by atoms with E-state index in [4.69, 9.17) is 9.47 Å². The lowest BCUT2D eigenvalue weighted by molar-refractivity contribution is -0.298. The molecule has 0 aromatic heterocycles. The summed E-state index contributed by atoms with van der Waals surface area (Å²) in [6.45, 7) is 3.45. The predicted molar refractivity (Wildman–Crippen MR) is 315 cm³/mol. The van der Waals surface area contributed by atoms with Crippen molar-refractivity contribution >= 4 is 16.3 Å². The highest BCUT2D eigenvalue weighted by atomic mass is 32.3. The molecule has 12 nitrogen and oxygen atoms in total. The minimum absolute atomic E-state index is 0.255. The lowest BCUT2D eigenvalue weighted by Crippen LogP contribution is -2.61. The topological polar surface area (TPSA) is 192 Å². The monoisotopic (exact) mass is 1100 g/mol. The molecule has 0 bridgehead atoms. The first kappa shape index (κ1) is 72.9. The molecule has 1 aliphatic rings. The van der Waals surface area contributed by atoms with Crippen molar-refractivity contribution in [2.75, 3.05) is 13.2 Å². The average Bonchev–Trinajstić information content (AvgIpc) is 3.40. The third-order valence-electron chi connectivity index (χ3n) is 15.8. The van der Waals surface area contributed by atoms with Crippen LogP contribution in [0.25, 0.3) is 0 Å². The second-order valence-electron chi connectivity index (χ2n) is 23.1. The lowest BCUT2D eigenvalue weighted by Gasteiger charge is -2.41. The van der Waals surface area contributed by atoms with Gasteiger partial charge >= 0.3 is 10.4 Å². The molecule has 0 saturated carbocycles. The number of hydrogen-bond donors (Lipinski definition) is 6. The van der Waals surface area contributed by atoms with E-state index in [1.807, 2.05) is 6.08 Å². The van der Waals surface area contributed by atoms with E-state index in [2.05, 4.69) is 23.3 Å². The van der Waals surface area contributed by atoms with Crippen molar-refractivity contribution in [1.29, 1.82) is 0 Å². The van der Waals surface area contributed by atoms with Crippen LogP contribution in [0.4, 0.5) is 0 Å². The lowest BCUT2D eigenvalue weighted by atomic mass is 9.99. The summed E-state index contributed by atoms with van der Waals surface area (Å²) in [6, 6.07) is -0.940. The van der Waals surface area contributed by atoms with E-state index in [0.717, 1.165) is 38.5 Å². The van der Waals surface area contributed by atoms with Gasteiger partial charge in [0.1, 0.15) is 24.4 Å². The molecule has 76 heavy (non-hydrogen) atoms. The summed E-state index contributed by atoms with van der Waals surface area (Å²) >= 11 is 0. The van der Waals surface area contributed by atoms with Gasteiger partial charge in [-0.25, -0.2) is 4.18 Å². The van der Waals surface area contributed by atoms with E-state index in [1.54, 1.807) is 6.08 Å². The van der Waals surface area contributed by atoms with Gasteiger partial charge in [0.15, 0.2) is 6.29 Å². The molecule has 7 unspecified atom stereocenters. The third kappa shape index (κ3) is 44.6. The molecule has 0 aromatic rings. The highest BCUT2D eigenvalue weighted by molar-refractivity contribution is 7.80. The summed E-state index contributed by atoms with van der Waals surface area (Å²) in [7, 11) is -5.09. The number of carbonyl (C=O) groups is 1. The summed E-state index contributed by atoms with van der Waals surface area (Å²) in [5.41, 5.74) is 0. The molecule has 1 aliphatic heterocycles. The quantitative estimate of drug-likeness (QED) is 0.0193. The third-order valence-corrected chi connectivity index (χ3v) is 16.3. The first-order chi connectivity index (χ1) is 37.0. The van der Waals surface area contributed by atoms with Crippen molar-refractivity contribution in [1.82, 2.24) is 5.32 Å². The Hall–Kier alpha value is -1.16. The number of amides is 1. The van der Waals surface area contributed by atoms with E-state index in [0.29, 0.717) is 6.42 Å². The minimum Gasteiger partial charge on any atom is -0.394 e. The number of hydrogen-bond acceptors (Lipinski definition) is 10. The maximum absolute atomic E-state index is 13.2. The largest absolute Gasteiger partial charge is 0.397 e. The molecule has 6 N–H and O–H groups in total. The Balaban J connectivity index is 2.21. The molecular formula is C63H123NO11S. The van der Waals surface area contributed by atoms with Crippen molar-refractivity contribution in [3.05, 3.63) is 12.2 Å². The average molecular weight is 1100 g/mol. The van der Waals surface area contributed by atoms with E-state index in [-0.39, 0.29) is 18.9 Å². The van der Waals surface area contributed by atoms with Gasteiger partial charge < -0.3 is 35.2 Å². The standard InChI is InChI=1S/C63H123NO11S/c1-3-5-7-9-11-13-15-17-19-21-22-23-24-25-26-27-28-29-30-31-32-33-34-35-36-37-39-41-43-45-47-49-51-53-59(67)64-56(55-73-63-61(69)62(75-76(70,71)72)60(68)58(54-65)74-63)57(66)52-50-48-46-44-42-40-38-20-18-16-14-12-10-8-6-4-2/h50,52,56-58,60-63,65-66,68-69H,3-49,51,53-55H2,1-2H3,(H,64,67)(H,70,71,72)/b52-50+. The second kappa shape index (κ2) is 53.2. The molecule has 452 valence electrons. The van der Waals surface area contributed by atoms with Gasteiger partial charge in [-0.3, -0.25) is 9.35 Å². The van der Waals surface area contributed by atoms with Crippen molar-refractivity contribution in [2.24, 2.45) is 0 Å². The van der Waals surface area contributed by atoms with Crippen LogP contribution in [-0.4, -0.2) is 95.4 Å². The Labute approximate surface area is 468 Å². The highest BCUT2D eigenvalue weighted by Gasteiger charge is 2.48. The van der Waals surface area contributed by atoms with Gasteiger partial charge in [0.2, 0.25) is 5.91 Å². The van der Waals surface area contributed by atoms with Crippen LogP contribution in [-0.2, 0) is 28.9 Å². The summed E-state index contributed by atoms with van der Waals surface area (Å²) in [6.07, 6.45) is 57.2. The molecule has 1 rings (SSSR count). The van der Waals surface area contributed by atoms with Gasteiger partial charge in [-0.15, -0.1) is 0 Å². The summed E-state index contributed by atoms with van der Waals surface area (Å²) < 4.78 is 47.9. The molecule has 0 aromatic carbocycles. The smallest absolute Gasteiger partial charge is 0.394 e. The number of rotatable bonds is 58. The van der Waals surface area contributed by atoms with Crippen LogP contribution in [0.3, 0.4) is 0 Å². The molecule has 7 atom stereocenters. The Kier molecular flexibility index (Phi) is 51.0. The van der Waals surface area contributed by atoms with Gasteiger partial charge in [0.25, 0.3) is 0 Å². The number of aliphatic hydroxyl groups excluding tert-OH is 4. The number of unbranched alkanes of at least 4 members (excludes halogenated alkanes) is 46. The van der Waals surface area contributed by atoms with Gasteiger partial charge in [0.05, 0.1) is 25.4 Å². The fraction of sp³-hybridized carbons (Fsp3) is 0.952. The van der Waals surface area contributed by atoms with E-state index >= 15 is 0 Å². The Morgan fingerprint density at radius 1 is 0.513 bits per heavy atom. The van der Waals surface area contributed by atoms with Crippen LogP contribution in [0.1, 0.15) is 328 Å². The van der Waals surface area contributed by atoms with Gasteiger partial charge in [-0.1, -0.05) is 315 Å². The SMILES string of the molecule is CCCCCCCCCCCCCCCC/C=C/C(O)C(COC1OC(CO)C(O)C(OS(=O)(=O)O)C1O)NC(=O)CCCCCCCCCCCCCCCCCCCCCCCCCCCCCCCCCCC. The van der Waals surface area contributed by atoms with Crippen molar-refractivity contribution in [3.63, 3.8) is 0 Å². The first-order valence-electron chi connectivity index (χ1n) is 32.6. The van der Waals surface area contributed by atoms with Gasteiger partial charge in [-0.2, -0.15) is 8.42 Å². The minimum atomic E-state index is -5.09. The van der Waals surface area contributed by atoms with Crippen LogP contribution >= 0.6 is 0 Å². The Morgan fingerprint density at radius 3 is 1.14 bits per heavy atom. The van der Waals surface area contributed by atoms with Crippen LogP contribution in [0, 0.1) is 0 Å². The number of allylic oxidation sites excluding steroid dienone is 1. The molecule has 1 heterocycles. The maximum Gasteiger partial charge on any atom is 0.397 e. The molecule has 1 fully saturated rings. The van der Waals surface area contributed by atoms with Crippen LogP contribution in [0.15, 0.2) is 12.2 Å². The van der Waals surface area contributed by atoms with E-state index in [9.17, 15) is 38.2 Å². The fourth-order valence-corrected chi connectivity index (χ4v) is 11.3. The zero-order chi connectivity index (χ0) is 55.4. The zero-order valence-corrected chi connectivity index (χ0v) is 50.2. The Morgan fingerprint density at radius 2 is 0.829 bits per heavy atom. The number of ether oxygens (including phenoxy) is 2. The molecule has 0 radical (unpaired) electrons. The van der Waals surface area contributed by atoms with Crippen molar-refractivity contribution in [2.45, 2.75) is 371 Å². The second-order valence-corrected chi connectivity index (χ2v) is 24.1. The summed E-state index contributed by atoms with van der Waals surface area (Å²) in [5, 5.41) is 45.0. The fourth-order valence-electron chi connectivity index (χ4n) is 10.8. The van der Waals surface area contributed by atoms with Crippen molar-refractivity contribution < 1.29 is 51.8 Å². The Bertz CT molecular complexity index is 1390. The number of nitrogens with one attached hydrogen (secondary N) is 1.